The molecule has 0 unspecified atom stereocenters. The number of nitrogens with zero attached hydrogens (tertiary/aromatic N) is 1. The van der Waals surface area contributed by atoms with Gasteiger partial charge in [-0.1, -0.05) is 24.3 Å². The zero-order valence-electron chi connectivity index (χ0n) is 15.1. The SMILES string of the molecule is CCOc1ccc(CN(C)CCC(=O)Nc2ccccc2OC)cc1. The molecule has 0 aliphatic rings. The topological polar surface area (TPSA) is 50.8 Å². The van der Waals surface area contributed by atoms with Crippen molar-refractivity contribution in [3.63, 3.8) is 0 Å². The van der Waals surface area contributed by atoms with Crippen LogP contribution in [0, 0.1) is 0 Å². The summed E-state index contributed by atoms with van der Waals surface area (Å²) < 4.78 is 10.7. The number of ether oxygens (including phenoxy) is 2. The average molecular weight is 342 g/mol. The molecule has 0 heterocycles. The van der Waals surface area contributed by atoms with Crippen molar-refractivity contribution in [1.29, 1.82) is 0 Å². The van der Waals surface area contributed by atoms with Crippen LogP contribution in [0.4, 0.5) is 5.69 Å². The smallest absolute Gasteiger partial charge is 0.225 e. The van der Waals surface area contributed by atoms with Gasteiger partial charge in [0.15, 0.2) is 0 Å². The summed E-state index contributed by atoms with van der Waals surface area (Å²) in [7, 11) is 3.60. The van der Waals surface area contributed by atoms with Crippen LogP contribution in [0.1, 0.15) is 18.9 Å². The van der Waals surface area contributed by atoms with Gasteiger partial charge in [-0.3, -0.25) is 4.79 Å². The normalized spacial score (nSPS) is 10.6. The van der Waals surface area contributed by atoms with E-state index in [4.69, 9.17) is 9.47 Å². The first-order chi connectivity index (χ1) is 12.1. The Balaban J connectivity index is 1.79. The van der Waals surface area contributed by atoms with Crippen LogP contribution >= 0.6 is 0 Å². The van der Waals surface area contributed by atoms with Gasteiger partial charge in [0.25, 0.3) is 0 Å². The van der Waals surface area contributed by atoms with Gasteiger partial charge in [0.1, 0.15) is 11.5 Å². The number of anilines is 1. The van der Waals surface area contributed by atoms with Gasteiger partial charge in [0.2, 0.25) is 5.91 Å². The summed E-state index contributed by atoms with van der Waals surface area (Å²) in [5, 5.41) is 2.90. The standard InChI is InChI=1S/C20H26N2O3/c1-4-25-17-11-9-16(10-12-17)15-22(2)14-13-20(23)21-18-7-5-6-8-19(18)24-3/h5-12H,4,13-15H2,1-3H3,(H,21,23). The Morgan fingerprint density at radius 3 is 2.52 bits per heavy atom. The molecule has 5 heteroatoms. The largest absolute Gasteiger partial charge is 0.495 e. The van der Waals surface area contributed by atoms with Crippen LogP contribution in [0.25, 0.3) is 0 Å². The van der Waals surface area contributed by atoms with Crippen molar-refractivity contribution in [2.45, 2.75) is 19.9 Å². The molecule has 1 amide bonds. The molecule has 0 saturated carbocycles. The van der Waals surface area contributed by atoms with E-state index in [9.17, 15) is 4.79 Å². The van der Waals surface area contributed by atoms with E-state index in [0.717, 1.165) is 12.3 Å². The van der Waals surface area contributed by atoms with Crippen LogP contribution in [0.2, 0.25) is 0 Å². The number of hydrogen-bond donors (Lipinski definition) is 1. The second-order valence-corrected chi connectivity index (χ2v) is 5.81. The van der Waals surface area contributed by atoms with E-state index in [1.54, 1.807) is 7.11 Å². The van der Waals surface area contributed by atoms with Crippen molar-refractivity contribution in [2.75, 3.05) is 32.6 Å². The Morgan fingerprint density at radius 1 is 1.12 bits per heavy atom. The molecule has 2 aromatic carbocycles. The third kappa shape index (κ3) is 6.12. The van der Waals surface area contributed by atoms with E-state index in [-0.39, 0.29) is 5.91 Å². The van der Waals surface area contributed by atoms with Crippen molar-refractivity contribution in [2.24, 2.45) is 0 Å². The molecule has 0 aliphatic carbocycles. The zero-order valence-corrected chi connectivity index (χ0v) is 15.1. The number of nitrogens with one attached hydrogen (secondary N) is 1. The summed E-state index contributed by atoms with van der Waals surface area (Å²) in [6.07, 6.45) is 0.422. The average Bonchev–Trinajstić information content (AvgIpc) is 2.62. The summed E-state index contributed by atoms with van der Waals surface area (Å²) in [5.74, 6) is 1.52. The number of para-hydroxylation sites is 2. The van der Waals surface area contributed by atoms with E-state index in [1.165, 1.54) is 5.56 Å². The molecule has 134 valence electrons. The fourth-order valence-electron chi connectivity index (χ4n) is 2.50. The molecule has 0 bridgehead atoms. The maximum atomic E-state index is 12.1. The van der Waals surface area contributed by atoms with Gasteiger partial charge >= 0.3 is 0 Å². The molecule has 0 spiro atoms. The highest BCUT2D eigenvalue weighted by Gasteiger charge is 2.08. The van der Waals surface area contributed by atoms with Gasteiger partial charge < -0.3 is 19.7 Å². The Kier molecular flexibility index (Phi) is 7.29. The first-order valence-electron chi connectivity index (χ1n) is 8.45. The summed E-state index contributed by atoms with van der Waals surface area (Å²) >= 11 is 0. The second-order valence-electron chi connectivity index (χ2n) is 5.81. The first kappa shape index (κ1) is 18.8. The van der Waals surface area contributed by atoms with Gasteiger partial charge in [0, 0.05) is 19.5 Å². The highest BCUT2D eigenvalue weighted by Crippen LogP contribution is 2.23. The number of carbonyl (C=O) groups is 1. The molecule has 0 aliphatic heterocycles. The molecule has 2 rings (SSSR count). The molecular formula is C20H26N2O3. The molecule has 0 radical (unpaired) electrons. The molecular weight excluding hydrogens is 316 g/mol. The minimum atomic E-state index is -0.0250. The third-order valence-electron chi connectivity index (χ3n) is 3.79. The molecule has 0 saturated heterocycles. The zero-order chi connectivity index (χ0) is 18.1. The second kappa shape index (κ2) is 9.69. The minimum absolute atomic E-state index is 0.0250. The predicted molar refractivity (Wildman–Crippen MR) is 100 cm³/mol. The van der Waals surface area contributed by atoms with E-state index in [1.807, 2.05) is 50.4 Å². The molecule has 0 aromatic heterocycles. The number of benzene rings is 2. The van der Waals surface area contributed by atoms with Crippen molar-refractivity contribution >= 4 is 11.6 Å². The lowest BCUT2D eigenvalue weighted by atomic mass is 10.2. The van der Waals surface area contributed by atoms with Crippen LogP contribution in [0.5, 0.6) is 11.5 Å². The van der Waals surface area contributed by atoms with Crippen LogP contribution in [-0.2, 0) is 11.3 Å². The van der Waals surface area contributed by atoms with Crippen molar-refractivity contribution in [3.8, 4) is 11.5 Å². The van der Waals surface area contributed by atoms with Crippen molar-refractivity contribution in [3.05, 3.63) is 54.1 Å². The van der Waals surface area contributed by atoms with Gasteiger partial charge in [0.05, 0.1) is 19.4 Å². The summed E-state index contributed by atoms with van der Waals surface area (Å²) in [6.45, 7) is 4.10. The van der Waals surface area contributed by atoms with Crippen LogP contribution in [0.15, 0.2) is 48.5 Å². The highest BCUT2D eigenvalue weighted by atomic mass is 16.5. The minimum Gasteiger partial charge on any atom is -0.495 e. The van der Waals surface area contributed by atoms with Gasteiger partial charge in [-0.05, 0) is 43.8 Å². The predicted octanol–water partition coefficient (Wildman–Crippen LogP) is 3.55. The Hall–Kier alpha value is -2.53. The van der Waals surface area contributed by atoms with E-state index in [2.05, 4.69) is 22.3 Å². The van der Waals surface area contributed by atoms with Crippen molar-refractivity contribution in [1.82, 2.24) is 4.90 Å². The van der Waals surface area contributed by atoms with Crippen LogP contribution in [-0.4, -0.2) is 38.1 Å². The molecule has 25 heavy (non-hydrogen) atoms. The number of carbonyl (C=O) groups excluding carboxylic acids is 1. The lowest BCUT2D eigenvalue weighted by Crippen LogP contribution is -2.24. The van der Waals surface area contributed by atoms with Crippen LogP contribution in [0.3, 0.4) is 0 Å². The lowest BCUT2D eigenvalue weighted by molar-refractivity contribution is -0.116. The summed E-state index contributed by atoms with van der Waals surface area (Å²) in [5.41, 5.74) is 1.89. The fraction of sp³-hybridized carbons (Fsp3) is 0.350. The first-order valence-corrected chi connectivity index (χ1v) is 8.45. The summed E-state index contributed by atoms with van der Waals surface area (Å²) in [6, 6.07) is 15.5. The molecule has 1 N–H and O–H groups in total. The Morgan fingerprint density at radius 2 is 1.84 bits per heavy atom. The van der Waals surface area contributed by atoms with Gasteiger partial charge in [-0.15, -0.1) is 0 Å². The van der Waals surface area contributed by atoms with Crippen molar-refractivity contribution < 1.29 is 14.3 Å². The number of rotatable bonds is 9. The molecule has 0 atom stereocenters. The third-order valence-corrected chi connectivity index (χ3v) is 3.79. The number of methoxy groups -OCH3 is 1. The summed E-state index contributed by atoms with van der Waals surface area (Å²) in [4.78, 5) is 14.3. The number of hydrogen-bond acceptors (Lipinski definition) is 4. The lowest BCUT2D eigenvalue weighted by Gasteiger charge is -2.17. The van der Waals surface area contributed by atoms with Gasteiger partial charge in [-0.25, -0.2) is 0 Å². The Bertz CT molecular complexity index is 671. The molecule has 2 aromatic rings. The maximum absolute atomic E-state index is 12.1. The quantitative estimate of drug-likeness (QED) is 0.757. The van der Waals surface area contributed by atoms with E-state index >= 15 is 0 Å². The Labute approximate surface area is 149 Å². The highest BCUT2D eigenvalue weighted by molar-refractivity contribution is 5.92. The van der Waals surface area contributed by atoms with Crippen LogP contribution < -0.4 is 14.8 Å². The monoisotopic (exact) mass is 342 g/mol. The molecule has 0 fully saturated rings. The number of amides is 1. The maximum Gasteiger partial charge on any atom is 0.225 e. The van der Waals surface area contributed by atoms with E-state index < -0.39 is 0 Å². The van der Waals surface area contributed by atoms with E-state index in [0.29, 0.717) is 31.0 Å². The molecule has 5 nitrogen and oxygen atoms in total. The van der Waals surface area contributed by atoms with Gasteiger partial charge in [-0.2, -0.15) is 0 Å². The fourth-order valence-corrected chi connectivity index (χ4v) is 2.50.